The first-order valence-corrected chi connectivity index (χ1v) is 5.57. The van der Waals surface area contributed by atoms with Gasteiger partial charge in [0.2, 0.25) is 0 Å². The van der Waals surface area contributed by atoms with Crippen LogP contribution in [0.2, 0.25) is 0 Å². The lowest BCUT2D eigenvalue weighted by Gasteiger charge is -2.28. The summed E-state index contributed by atoms with van der Waals surface area (Å²) in [7, 11) is 0. The summed E-state index contributed by atoms with van der Waals surface area (Å²) < 4.78 is 5.65. The number of aliphatic hydroxyl groups excluding tert-OH is 1. The van der Waals surface area contributed by atoms with E-state index in [1.165, 1.54) is 0 Å². The van der Waals surface area contributed by atoms with Crippen LogP contribution >= 0.6 is 15.9 Å². The minimum absolute atomic E-state index is 0.328. The standard InChI is InChI=1S/C10H17BrO3/c1-9(2,13)8-6-7(12)10(3,14-8)4-5-11/h4-5,7-8,12-13H,6H2,1-3H3/b5-4+/t7-,8+,10-/m0/s1. The third kappa shape index (κ3) is 2.37. The topological polar surface area (TPSA) is 49.7 Å². The van der Waals surface area contributed by atoms with Crippen molar-refractivity contribution in [2.24, 2.45) is 0 Å². The molecule has 0 saturated carbocycles. The van der Waals surface area contributed by atoms with E-state index < -0.39 is 17.3 Å². The van der Waals surface area contributed by atoms with Crippen LogP contribution in [0.4, 0.5) is 0 Å². The molecule has 1 heterocycles. The van der Waals surface area contributed by atoms with Gasteiger partial charge in [-0.3, -0.25) is 0 Å². The SMILES string of the molecule is CC(C)(O)[C@H]1C[C@H](O)[C@](C)(/C=C/Br)O1. The van der Waals surface area contributed by atoms with Gasteiger partial charge >= 0.3 is 0 Å². The molecule has 0 bridgehead atoms. The molecule has 0 spiro atoms. The number of hydrogen-bond acceptors (Lipinski definition) is 3. The fourth-order valence-corrected chi connectivity index (χ4v) is 2.10. The molecule has 1 aliphatic heterocycles. The van der Waals surface area contributed by atoms with Crippen LogP contribution in [0.1, 0.15) is 27.2 Å². The number of aliphatic hydroxyl groups is 2. The molecule has 3 nitrogen and oxygen atoms in total. The van der Waals surface area contributed by atoms with Gasteiger partial charge in [-0.2, -0.15) is 0 Å². The molecule has 0 unspecified atom stereocenters. The Morgan fingerprint density at radius 3 is 2.50 bits per heavy atom. The van der Waals surface area contributed by atoms with Crippen LogP contribution < -0.4 is 0 Å². The molecule has 0 radical (unpaired) electrons. The number of ether oxygens (including phenoxy) is 1. The predicted octanol–water partition coefficient (Wildman–Crippen LogP) is 1.57. The van der Waals surface area contributed by atoms with E-state index in [0.717, 1.165) is 0 Å². The summed E-state index contributed by atoms with van der Waals surface area (Å²) >= 11 is 3.16. The summed E-state index contributed by atoms with van der Waals surface area (Å²) in [5, 5.41) is 19.6. The van der Waals surface area contributed by atoms with Crippen molar-refractivity contribution in [3.8, 4) is 0 Å². The Hall–Kier alpha value is 0.1000. The van der Waals surface area contributed by atoms with Crippen molar-refractivity contribution in [2.45, 2.75) is 50.6 Å². The molecule has 4 heteroatoms. The maximum atomic E-state index is 9.80. The van der Waals surface area contributed by atoms with Crippen molar-refractivity contribution in [2.75, 3.05) is 0 Å². The summed E-state index contributed by atoms with van der Waals surface area (Å²) in [5.74, 6) is 0. The summed E-state index contributed by atoms with van der Waals surface area (Å²) in [4.78, 5) is 1.67. The van der Waals surface area contributed by atoms with Crippen LogP contribution in [0.5, 0.6) is 0 Å². The first kappa shape index (κ1) is 12.2. The van der Waals surface area contributed by atoms with E-state index in [9.17, 15) is 10.2 Å². The molecule has 1 rings (SSSR count). The zero-order chi connectivity index (χ0) is 11.0. The van der Waals surface area contributed by atoms with Gasteiger partial charge < -0.3 is 14.9 Å². The number of rotatable bonds is 2. The van der Waals surface area contributed by atoms with Crippen molar-refractivity contribution in [3.05, 3.63) is 11.1 Å². The lowest BCUT2D eigenvalue weighted by Crippen LogP contribution is -2.38. The zero-order valence-corrected chi connectivity index (χ0v) is 10.3. The van der Waals surface area contributed by atoms with Crippen molar-refractivity contribution in [1.82, 2.24) is 0 Å². The molecule has 0 aliphatic carbocycles. The highest BCUT2D eigenvalue weighted by Gasteiger charge is 2.47. The van der Waals surface area contributed by atoms with Gasteiger partial charge in [0, 0.05) is 6.42 Å². The van der Waals surface area contributed by atoms with Crippen LogP contribution in [0, 0.1) is 0 Å². The molecule has 0 aromatic heterocycles. The van der Waals surface area contributed by atoms with E-state index in [4.69, 9.17) is 4.74 Å². The summed E-state index contributed by atoms with van der Waals surface area (Å²) in [5.41, 5.74) is -1.62. The predicted molar refractivity (Wildman–Crippen MR) is 58.3 cm³/mol. The van der Waals surface area contributed by atoms with Crippen molar-refractivity contribution >= 4 is 15.9 Å². The number of hydrogen-bond donors (Lipinski definition) is 2. The minimum Gasteiger partial charge on any atom is -0.390 e. The minimum atomic E-state index is -0.918. The summed E-state index contributed by atoms with van der Waals surface area (Å²) in [6.45, 7) is 5.18. The van der Waals surface area contributed by atoms with E-state index in [-0.39, 0.29) is 6.10 Å². The van der Waals surface area contributed by atoms with Gasteiger partial charge in [0.05, 0.1) is 17.8 Å². The van der Waals surface area contributed by atoms with Crippen LogP contribution in [-0.4, -0.2) is 33.6 Å². The molecular formula is C10H17BrO3. The second-order valence-electron chi connectivity index (χ2n) is 4.49. The van der Waals surface area contributed by atoms with E-state index in [1.807, 2.05) is 0 Å². The van der Waals surface area contributed by atoms with Gasteiger partial charge in [-0.25, -0.2) is 0 Å². The van der Waals surface area contributed by atoms with Gasteiger partial charge in [-0.15, -0.1) is 0 Å². The van der Waals surface area contributed by atoms with Gasteiger partial charge in [-0.1, -0.05) is 15.9 Å². The van der Waals surface area contributed by atoms with Crippen LogP contribution in [0.3, 0.4) is 0 Å². The first-order chi connectivity index (χ1) is 6.29. The molecule has 2 N–H and O–H groups in total. The normalized spacial score (nSPS) is 39.6. The quantitative estimate of drug-likeness (QED) is 0.796. The van der Waals surface area contributed by atoms with E-state index >= 15 is 0 Å². The molecule has 3 atom stereocenters. The lowest BCUT2D eigenvalue weighted by atomic mass is 9.94. The molecule has 14 heavy (non-hydrogen) atoms. The first-order valence-electron chi connectivity index (χ1n) is 4.66. The fourth-order valence-electron chi connectivity index (χ4n) is 1.58. The van der Waals surface area contributed by atoms with Crippen LogP contribution in [0.25, 0.3) is 0 Å². The van der Waals surface area contributed by atoms with E-state index in [2.05, 4.69) is 15.9 Å². The monoisotopic (exact) mass is 264 g/mol. The average molecular weight is 265 g/mol. The second kappa shape index (κ2) is 3.93. The van der Waals surface area contributed by atoms with Crippen molar-refractivity contribution in [1.29, 1.82) is 0 Å². The van der Waals surface area contributed by atoms with Gasteiger partial charge in [-0.05, 0) is 31.8 Å². The maximum Gasteiger partial charge on any atom is 0.111 e. The van der Waals surface area contributed by atoms with Gasteiger partial charge in [0.1, 0.15) is 5.60 Å². The van der Waals surface area contributed by atoms with E-state index in [1.54, 1.807) is 31.8 Å². The Bertz CT molecular complexity index is 234. The Labute approximate surface area is 92.9 Å². The highest BCUT2D eigenvalue weighted by Crippen LogP contribution is 2.36. The third-order valence-electron chi connectivity index (χ3n) is 2.68. The number of halogens is 1. The second-order valence-corrected chi connectivity index (χ2v) is 5.02. The molecular weight excluding hydrogens is 248 g/mol. The molecule has 1 fully saturated rings. The highest BCUT2D eigenvalue weighted by molar-refractivity contribution is 9.11. The Morgan fingerprint density at radius 2 is 2.14 bits per heavy atom. The van der Waals surface area contributed by atoms with Crippen LogP contribution in [0.15, 0.2) is 11.1 Å². The van der Waals surface area contributed by atoms with Gasteiger partial charge in [0.15, 0.2) is 0 Å². The molecule has 82 valence electrons. The van der Waals surface area contributed by atoms with Crippen LogP contribution in [-0.2, 0) is 4.74 Å². The summed E-state index contributed by atoms with van der Waals surface area (Å²) in [6.07, 6.45) is 1.31. The highest BCUT2D eigenvalue weighted by atomic mass is 79.9. The smallest absolute Gasteiger partial charge is 0.111 e. The van der Waals surface area contributed by atoms with Crippen molar-refractivity contribution < 1.29 is 14.9 Å². The lowest BCUT2D eigenvalue weighted by molar-refractivity contribution is -0.108. The third-order valence-corrected chi connectivity index (χ3v) is 2.94. The Kier molecular flexibility index (Phi) is 3.41. The summed E-state index contributed by atoms with van der Waals surface area (Å²) in [6, 6.07) is 0. The molecule has 0 aromatic rings. The molecule has 1 saturated heterocycles. The largest absolute Gasteiger partial charge is 0.390 e. The van der Waals surface area contributed by atoms with Gasteiger partial charge in [0.25, 0.3) is 0 Å². The zero-order valence-electron chi connectivity index (χ0n) is 8.70. The molecule has 0 aromatic carbocycles. The maximum absolute atomic E-state index is 9.80. The Balaban J connectivity index is 2.78. The fraction of sp³-hybridized carbons (Fsp3) is 0.800. The molecule has 1 aliphatic rings. The molecule has 0 amide bonds. The average Bonchev–Trinajstić information content (AvgIpc) is 2.28. The van der Waals surface area contributed by atoms with E-state index in [0.29, 0.717) is 6.42 Å². The Morgan fingerprint density at radius 1 is 1.57 bits per heavy atom. The van der Waals surface area contributed by atoms with Crippen molar-refractivity contribution in [3.63, 3.8) is 0 Å².